The van der Waals surface area contributed by atoms with Crippen LogP contribution >= 0.6 is 0 Å². The second-order valence-electron chi connectivity index (χ2n) is 5.22. The van der Waals surface area contributed by atoms with Crippen LogP contribution in [0.1, 0.15) is 12.0 Å². The van der Waals surface area contributed by atoms with Gasteiger partial charge in [-0.15, -0.1) is 0 Å². The first-order valence-electron chi connectivity index (χ1n) is 6.87. The Kier molecular flexibility index (Phi) is 5.17. The largest absolute Gasteiger partial charge is 0.395 e. The second-order valence-corrected chi connectivity index (χ2v) is 5.22. The molecule has 1 aliphatic rings. The number of aliphatic hydroxyl groups is 1. The predicted molar refractivity (Wildman–Crippen MR) is 74.7 cm³/mol. The number of nitrogens with zero attached hydrogens (tertiary/aromatic N) is 2. The van der Waals surface area contributed by atoms with Gasteiger partial charge in [0.15, 0.2) is 0 Å². The minimum absolute atomic E-state index is 0.263. The van der Waals surface area contributed by atoms with Gasteiger partial charge in [0.05, 0.1) is 6.61 Å². The molecule has 1 aromatic rings. The van der Waals surface area contributed by atoms with Crippen LogP contribution in [-0.4, -0.2) is 60.8 Å². The fourth-order valence-electron chi connectivity index (χ4n) is 2.68. The first kappa shape index (κ1) is 13.5. The Bertz CT molecular complexity index is 342. The van der Waals surface area contributed by atoms with Crippen LogP contribution in [0.2, 0.25) is 0 Å². The summed E-state index contributed by atoms with van der Waals surface area (Å²) >= 11 is 0. The van der Waals surface area contributed by atoms with E-state index in [9.17, 15) is 5.11 Å². The van der Waals surface area contributed by atoms with Crippen molar-refractivity contribution in [2.45, 2.75) is 18.9 Å². The van der Waals surface area contributed by atoms with Crippen molar-refractivity contribution in [1.29, 1.82) is 0 Å². The zero-order chi connectivity index (χ0) is 12.8. The maximum atomic E-state index is 9.53. The minimum Gasteiger partial charge on any atom is -0.395 e. The highest BCUT2D eigenvalue weighted by atomic mass is 16.3. The number of likely N-dealkylation sites (N-methyl/N-ethyl adjacent to an activating group) is 1. The molecule has 0 amide bonds. The summed E-state index contributed by atoms with van der Waals surface area (Å²) in [5.41, 5.74) is 1.38. The molecule has 3 heteroatoms. The van der Waals surface area contributed by atoms with Crippen LogP contribution < -0.4 is 0 Å². The fourth-order valence-corrected chi connectivity index (χ4v) is 2.68. The number of hydrogen-bond acceptors (Lipinski definition) is 3. The Labute approximate surface area is 110 Å². The summed E-state index contributed by atoms with van der Waals surface area (Å²) in [6.07, 6.45) is 2.27. The summed E-state index contributed by atoms with van der Waals surface area (Å²) in [7, 11) is 2.14. The van der Waals surface area contributed by atoms with Crippen molar-refractivity contribution in [3.63, 3.8) is 0 Å². The standard InChI is InChI=1S/C15H24N2O/c1-16-9-5-10-17(15(12-16)13-18)11-8-14-6-3-2-4-7-14/h2-4,6-7,15,18H,5,8-13H2,1H3. The molecule has 18 heavy (non-hydrogen) atoms. The van der Waals surface area contributed by atoms with Crippen LogP contribution in [0.25, 0.3) is 0 Å². The van der Waals surface area contributed by atoms with Gasteiger partial charge in [-0.1, -0.05) is 30.3 Å². The first-order valence-corrected chi connectivity index (χ1v) is 6.87. The lowest BCUT2D eigenvalue weighted by molar-refractivity contribution is 0.118. The average Bonchev–Trinajstić information content (AvgIpc) is 2.59. The highest BCUT2D eigenvalue weighted by Gasteiger charge is 2.22. The van der Waals surface area contributed by atoms with Gasteiger partial charge >= 0.3 is 0 Å². The summed E-state index contributed by atoms with van der Waals surface area (Å²) in [4.78, 5) is 4.76. The zero-order valence-corrected chi connectivity index (χ0v) is 11.3. The van der Waals surface area contributed by atoms with E-state index in [0.717, 1.165) is 32.6 Å². The van der Waals surface area contributed by atoms with E-state index in [0.29, 0.717) is 6.04 Å². The molecule has 3 nitrogen and oxygen atoms in total. The summed E-state index contributed by atoms with van der Waals surface area (Å²) in [6.45, 7) is 4.52. The van der Waals surface area contributed by atoms with Crippen molar-refractivity contribution in [3.8, 4) is 0 Å². The molecule has 1 heterocycles. The minimum atomic E-state index is 0.263. The SMILES string of the molecule is CN1CCCN(CCc2ccccc2)C(CO)C1. The van der Waals surface area contributed by atoms with Crippen LogP contribution in [0, 0.1) is 0 Å². The number of rotatable bonds is 4. The van der Waals surface area contributed by atoms with Gasteiger partial charge in [-0.25, -0.2) is 0 Å². The smallest absolute Gasteiger partial charge is 0.0599 e. The van der Waals surface area contributed by atoms with Crippen molar-refractivity contribution in [2.24, 2.45) is 0 Å². The van der Waals surface area contributed by atoms with Gasteiger partial charge in [0, 0.05) is 19.1 Å². The summed E-state index contributed by atoms with van der Waals surface area (Å²) < 4.78 is 0. The maximum Gasteiger partial charge on any atom is 0.0599 e. The van der Waals surface area contributed by atoms with Crippen molar-refractivity contribution in [2.75, 3.05) is 39.8 Å². The third-order valence-corrected chi connectivity index (χ3v) is 3.77. The lowest BCUT2D eigenvalue weighted by Gasteiger charge is -2.29. The topological polar surface area (TPSA) is 26.7 Å². The van der Waals surface area contributed by atoms with Crippen molar-refractivity contribution < 1.29 is 5.11 Å². The van der Waals surface area contributed by atoms with Gasteiger partial charge in [-0.3, -0.25) is 4.90 Å². The highest BCUT2D eigenvalue weighted by molar-refractivity contribution is 5.14. The van der Waals surface area contributed by atoms with E-state index in [2.05, 4.69) is 47.2 Å². The molecule has 0 aromatic heterocycles. The molecular formula is C15H24N2O. The Morgan fingerprint density at radius 3 is 2.72 bits per heavy atom. The van der Waals surface area contributed by atoms with Crippen LogP contribution in [0.15, 0.2) is 30.3 Å². The molecule has 1 aromatic carbocycles. The Morgan fingerprint density at radius 2 is 2.00 bits per heavy atom. The first-order chi connectivity index (χ1) is 8.79. The molecule has 0 saturated carbocycles. The van der Waals surface area contributed by atoms with Crippen LogP contribution in [-0.2, 0) is 6.42 Å². The van der Waals surface area contributed by atoms with Crippen molar-refractivity contribution in [3.05, 3.63) is 35.9 Å². The lowest BCUT2D eigenvalue weighted by atomic mass is 10.1. The highest BCUT2D eigenvalue weighted by Crippen LogP contribution is 2.10. The molecule has 0 spiro atoms. The number of aliphatic hydroxyl groups excluding tert-OH is 1. The van der Waals surface area contributed by atoms with E-state index >= 15 is 0 Å². The molecule has 0 radical (unpaired) electrons. The van der Waals surface area contributed by atoms with E-state index < -0.39 is 0 Å². The number of hydrogen-bond donors (Lipinski definition) is 1. The van der Waals surface area contributed by atoms with E-state index in [1.807, 2.05) is 0 Å². The predicted octanol–water partition coefficient (Wildman–Crippen LogP) is 1.23. The quantitative estimate of drug-likeness (QED) is 0.868. The summed E-state index contributed by atoms with van der Waals surface area (Å²) in [5.74, 6) is 0. The van der Waals surface area contributed by atoms with E-state index in [1.54, 1.807) is 0 Å². The Hall–Kier alpha value is -0.900. The molecule has 0 aliphatic carbocycles. The van der Waals surface area contributed by atoms with E-state index in [1.165, 1.54) is 12.0 Å². The zero-order valence-electron chi connectivity index (χ0n) is 11.3. The van der Waals surface area contributed by atoms with Crippen molar-refractivity contribution >= 4 is 0 Å². The third-order valence-electron chi connectivity index (χ3n) is 3.77. The van der Waals surface area contributed by atoms with Gasteiger partial charge in [0.1, 0.15) is 0 Å². The molecule has 1 unspecified atom stereocenters. The summed E-state index contributed by atoms with van der Waals surface area (Å²) in [6, 6.07) is 10.9. The van der Waals surface area contributed by atoms with Gasteiger partial charge in [0.2, 0.25) is 0 Å². The molecule has 0 bridgehead atoms. The third kappa shape index (κ3) is 3.80. The van der Waals surface area contributed by atoms with E-state index in [-0.39, 0.29) is 6.61 Å². The van der Waals surface area contributed by atoms with Gasteiger partial charge in [-0.2, -0.15) is 0 Å². The fraction of sp³-hybridized carbons (Fsp3) is 0.600. The molecule has 2 rings (SSSR count). The van der Waals surface area contributed by atoms with Gasteiger partial charge in [-0.05, 0) is 38.5 Å². The molecular weight excluding hydrogens is 224 g/mol. The Balaban J connectivity index is 1.90. The molecule has 1 saturated heterocycles. The second kappa shape index (κ2) is 6.88. The van der Waals surface area contributed by atoms with Crippen molar-refractivity contribution in [1.82, 2.24) is 9.80 Å². The molecule has 1 aliphatic heterocycles. The lowest BCUT2D eigenvalue weighted by Crippen LogP contribution is -2.43. The molecule has 1 fully saturated rings. The van der Waals surface area contributed by atoms with Crippen LogP contribution in [0.4, 0.5) is 0 Å². The van der Waals surface area contributed by atoms with Gasteiger partial charge < -0.3 is 10.0 Å². The van der Waals surface area contributed by atoms with Crippen LogP contribution in [0.5, 0.6) is 0 Å². The van der Waals surface area contributed by atoms with E-state index in [4.69, 9.17) is 0 Å². The molecule has 1 N–H and O–H groups in total. The Morgan fingerprint density at radius 1 is 1.22 bits per heavy atom. The average molecular weight is 248 g/mol. The molecule has 100 valence electrons. The monoisotopic (exact) mass is 248 g/mol. The van der Waals surface area contributed by atoms with Crippen LogP contribution in [0.3, 0.4) is 0 Å². The summed E-state index contributed by atoms with van der Waals surface area (Å²) in [5, 5.41) is 9.53. The molecule has 1 atom stereocenters. The number of benzene rings is 1. The van der Waals surface area contributed by atoms with Gasteiger partial charge in [0.25, 0.3) is 0 Å². The normalized spacial score (nSPS) is 22.9. The maximum absolute atomic E-state index is 9.53.